The van der Waals surface area contributed by atoms with Crippen LogP contribution < -0.4 is 10.1 Å². The minimum Gasteiger partial charge on any atom is -0.497 e. The van der Waals surface area contributed by atoms with Gasteiger partial charge in [-0.05, 0) is 61.8 Å². The third-order valence-electron chi connectivity index (χ3n) is 5.42. The van der Waals surface area contributed by atoms with Crippen molar-refractivity contribution in [2.45, 2.75) is 26.8 Å². The van der Waals surface area contributed by atoms with E-state index in [-0.39, 0.29) is 0 Å². The SMILES string of the molecule is COc1ccc(NC(=S)N(CCCN2CCOCC2)Cc2cccc(C)c2)c(C)c1. The number of nitrogens with zero attached hydrogens (tertiary/aromatic N) is 2. The van der Waals surface area contributed by atoms with Gasteiger partial charge in [0.25, 0.3) is 0 Å². The number of morpholine rings is 1. The molecule has 1 heterocycles. The van der Waals surface area contributed by atoms with E-state index in [1.807, 2.05) is 18.2 Å². The normalized spacial score (nSPS) is 14.4. The fourth-order valence-corrected chi connectivity index (χ4v) is 3.96. The first-order valence-corrected chi connectivity index (χ1v) is 11.0. The molecule has 0 aliphatic carbocycles. The largest absolute Gasteiger partial charge is 0.497 e. The molecule has 0 spiro atoms. The van der Waals surface area contributed by atoms with Crippen LogP contribution >= 0.6 is 12.2 Å². The van der Waals surface area contributed by atoms with Crippen LogP contribution in [0.1, 0.15) is 23.1 Å². The minimum absolute atomic E-state index is 0.756. The highest BCUT2D eigenvalue weighted by Gasteiger charge is 2.14. The molecule has 1 fully saturated rings. The molecule has 0 bridgehead atoms. The fraction of sp³-hybridized carbons (Fsp3) is 0.458. The number of anilines is 1. The Hall–Kier alpha value is -2.15. The number of aryl methyl sites for hydroxylation is 2. The van der Waals surface area contributed by atoms with Gasteiger partial charge in [0.15, 0.2) is 5.11 Å². The van der Waals surface area contributed by atoms with E-state index in [0.717, 1.165) is 74.5 Å². The Kier molecular flexibility index (Phi) is 8.49. The van der Waals surface area contributed by atoms with Crippen LogP contribution in [0.25, 0.3) is 0 Å². The van der Waals surface area contributed by atoms with Crippen molar-refractivity contribution < 1.29 is 9.47 Å². The van der Waals surface area contributed by atoms with E-state index in [2.05, 4.69) is 53.2 Å². The van der Waals surface area contributed by atoms with Crippen molar-refractivity contribution in [3.8, 4) is 5.75 Å². The first-order valence-electron chi connectivity index (χ1n) is 10.6. The molecule has 1 aliphatic heterocycles. The second kappa shape index (κ2) is 11.3. The number of nitrogens with one attached hydrogen (secondary N) is 1. The molecule has 162 valence electrons. The van der Waals surface area contributed by atoms with Gasteiger partial charge in [-0.3, -0.25) is 4.90 Å². The summed E-state index contributed by atoms with van der Waals surface area (Å²) in [5.41, 5.74) is 4.67. The van der Waals surface area contributed by atoms with Crippen LogP contribution in [0.15, 0.2) is 42.5 Å². The lowest BCUT2D eigenvalue weighted by Gasteiger charge is -2.30. The van der Waals surface area contributed by atoms with Crippen LogP contribution in [0.3, 0.4) is 0 Å². The Morgan fingerprint density at radius 1 is 1.17 bits per heavy atom. The number of hydrogen-bond donors (Lipinski definition) is 1. The Morgan fingerprint density at radius 3 is 2.67 bits per heavy atom. The first-order chi connectivity index (χ1) is 14.5. The number of benzene rings is 2. The summed E-state index contributed by atoms with van der Waals surface area (Å²) in [4.78, 5) is 4.74. The van der Waals surface area contributed by atoms with Gasteiger partial charge in [0.2, 0.25) is 0 Å². The van der Waals surface area contributed by atoms with Crippen molar-refractivity contribution in [1.82, 2.24) is 9.80 Å². The van der Waals surface area contributed by atoms with E-state index in [0.29, 0.717) is 0 Å². The first kappa shape index (κ1) is 22.5. The van der Waals surface area contributed by atoms with Crippen molar-refractivity contribution in [1.29, 1.82) is 0 Å². The van der Waals surface area contributed by atoms with Crippen molar-refractivity contribution in [2.24, 2.45) is 0 Å². The van der Waals surface area contributed by atoms with Gasteiger partial charge in [-0.1, -0.05) is 29.8 Å². The summed E-state index contributed by atoms with van der Waals surface area (Å²) < 4.78 is 10.8. The molecule has 0 amide bonds. The minimum atomic E-state index is 0.756. The smallest absolute Gasteiger partial charge is 0.173 e. The molecular weight excluding hydrogens is 394 g/mol. The van der Waals surface area contributed by atoms with Crippen LogP contribution in [0.2, 0.25) is 0 Å². The van der Waals surface area contributed by atoms with Crippen LogP contribution in [0, 0.1) is 13.8 Å². The maximum Gasteiger partial charge on any atom is 0.173 e. The number of rotatable bonds is 8. The molecule has 0 aromatic heterocycles. The Balaban J connectivity index is 1.66. The molecule has 0 unspecified atom stereocenters. The highest BCUT2D eigenvalue weighted by Crippen LogP contribution is 2.22. The zero-order valence-electron chi connectivity index (χ0n) is 18.3. The van der Waals surface area contributed by atoms with E-state index < -0.39 is 0 Å². The highest BCUT2D eigenvalue weighted by atomic mass is 32.1. The maximum atomic E-state index is 5.83. The summed E-state index contributed by atoms with van der Waals surface area (Å²) in [7, 11) is 1.69. The topological polar surface area (TPSA) is 37.0 Å². The number of methoxy groups -OCH3 is 1. The Morgan fingerprint density at radius 2 is 1.97 bits per heavy atom. The second-order valence-electron chi connectivity index (χ2n) is 7.83. The molecule has 1 N–H and O–H groups in total. The summed E-state index contributed by atoms with van der Waals surface area (Å²) in [6, 6.07) is 14.7. The third kappa shape index (κ3) is 6.69. The summed E-state index contributed by atoms with van der Waals surface area (Å²) in [6.45, 7) is 10.7. The van der Waals surface area contributed by atoms with Crippen LogP contribution in [-0.4, -0.2) is 61.4 Å². The predicted octanol–water partition coefficient (Wildman–Crippen LogP) is 4.23. The van der Waals surface area contributed by atoms with Crippen LogP contribution in [0.5, 0.6) is 5.75 Å². The van der Waals surface area contributed by atoms with Gasteiger partial charge in [-0.15, -0.1) is 0 Å². The molecule has 5 nitrogen and oxygen atoms in total. The number of thiocarbonyl (C=S) groups is 1. The lowest BCUT2D eigenvalue weighted by atomic mass is 10.1. The summed E-state index contributed by atoms with van der Waals surface area (Å²) in [5.74, 6) is 0.853. The lowest BCUT2D eigenvalue weighted by Crippen LogP contribution is -2.40. The molecule has 1 saturated heterocycles. The molecule has 1 aliphatic rings. The van der Waals surface area contributed by atoms with E-state index in [9.17, 15) is 0 Å². The van der Waals surface area contributed by atoms with Crippen molar-refractivity contribution in [3.63, 3.8) is 0 Å². The van der Waals surface area contributed by atoms with E-state index in [1.54, 1.807) is 7.11 Å². The van der Waals surface area contributed by atoms with Crippen molar-refractivity contribution >= 4 is 23.0 Å². The van der Waals surface area contributed by atoms with Crippen molar-refractivity contribution in [3.05, 3.63) is 59.2 Å². The Labute approximate surface area is 186 Å². The predicted molar refractivity (Wildman–Crippen MR) is 127 cm³/mol. The molecule has 2 aromatic rings. The maximum absolute atomic E-state index is 5.83. The lowest BCUT2D eigenvalue weighted by molar-refractivity contribution is 0.0368. The third-order valence-corrected chi connectivity index (χ3v) is 5.78. The van der Waals surface area contributed by atoms with Gasteiger partial charge in [0.1, 0.15) is 5.75 Å². The number of hydrogen-bond acceptors (Lipinski definition) is 4. The van der Waals surface area contributed by atoms with Crippen LogP contribution in [-0.2, 0) is 11.3 Å². The quantitative estimate of drug-likeness (QED) is 0.636. The van der Waals surface area contributed by atoms with Crippen molar-refractivity contribution in [2.75, 3.05) is 51.8 Å². The standard InChI is InChI=1S/C24H33N3O2S/c1-19-6-4-7-21(16-19)18-27(11-5-10-26-12-14-29-15-13-26)24(30)25-23-9-8-22(28-3)17-20(23)2/h4,6-9,16-17H,5,10-15,18H2,1-3H3,(H,25,30). The molecule has 0 atom stereocenters. The van der Waals surface area contributed by atoms with Gasteiger partial charge in [0, 0.05) is 38.4 Å². The molecule has 0 radical (unpaired) electrons. The zero-order valence-corrected chi connectivity index (χ0v) is 19.1. The zero-order chi connectivity index (χ0) is 21.3. The molecule has 30 heavy (non-hydrogen) atoms. The second-order valence-corrected chi connectivity index (χ2v) is 8.22. The molecule has 6 heteroatoms. The van der Waals surface area contributed by atoms with Crippen LogP contribution in [0.4, 0.5) is 5.69 Å². The molecule has 2 aromatic carbocycles. The van der Waals surface area contributed by atoms with Gasteiger partial charge in [-0.25, -0.2) is 0 Å². The monoisotopic (exact) mass is 427 g/mol. The van der Waals surface area contributed by atoms with E-state index in [4.69, 9.17) is 21.7 Å². The van der Waals surface area contributed by atoms with Gasteiger partial charge in [-0.2, -0.15) is 0 Å². The fourth-order valence-electron chi connectivity index (χ4n) is 3.69. The molecular formula is C24H33N3O2S. The van der Waals surface area contributed by atoms with Gasteiger partial charge >= 0.3 is 0 Å². The number of ether oxygens (including phenoxy) is 2. The van der Waals surface area contributed by atoms with E-state index >= 15 is 0 Å². The van der Waals surface area contributed by atoms with Gasteiger partial charge < -0.3 is 19.7 Å². The van der Waals surface area contributed by atoms with E-state index in [1.165, 1.54) is 11.1 Å². The Bertz CT molecular complexity index is 837. The highest BCUT2D eigenvalue weighted by molar-refractivity contribution is 7.80. The average Bonchev–Trinajstić information content (AvgIpc) is 2.75. The average molecular weight is 428 g/mol. The molecule has 3 rings (SSSR count). The summed E-state index contributed by atoms with van der Waals surface area (Å²) in [5, 5.41) is 4.21. The summed E-state index contributed by atoms with van der Waals surface area (Å²) >= 11 is 5.83. The molecule has 0 saturated carbocycles. The van der Waals surface area contributed by atoms with Gasteiger partial charge in [0.05, 0.1) is 20.3 Å². The summed E-state index contributed by atoms with van der Waals surface area (Å²) in [6.07, 6.45) is 1.06.